The first-order chi connectivity index (χ1) is 14.4. The van der Waals surface area contributed by atoms with E-state index in [1.54, 1.807) is 17.0 Å². The normalized spacial score (nSPS) is 14.4. The third kappa shape index (κ3) is 6.15. The predicted molar refractivity (Wildman–Crippen MR) is 104 cm³/mol. The van der Waals surface area contributed by atoms with Gasteiger partial charge in [-0.25, -0.2) is 4.39 Å². The number of piperazine rings is 1. The SMILES string of the molecule is CC(=O)OCC(=O)N1CCN(Cc2cc(=O)c(OCc3ccc(F)cc3)co2)CC1. The van der Waals surface area contributed by atoms with Gasteiger partial charge in [-0.2, -0.15) is 0 Å². The van der Waals surface area contributed by atoms with Crippen LogP contribution in [0, 0.1) is 5.82 Å². The second-order valence-electron chi connectivity index (χ2n) is 6.93. The van der Waals surface area contributed by atoms with E-state index in [9.17, 15) is 18.8 Å². The molecule has 1 aromatic heterocycles. The highest BCUT2D eigenvalue weighted by atomic mass is 19.1. The van der Waals surface area contributed by atoms with Crippen LogP contribution in [0.2, 0.25) is 0 Å². The fourth-order valence-corrected chi connectivity index (χ4v) is 3.00. The lowest BCUT2D eigenvalue weighted by atomic mass is 10.2. The number of benzene rings is 1. The Morgan fingerprint density at radius 2 is 1.83 bits per heavy atom. The molecule has 1 fully saturated rings. The van der Waals surface area contributed by atoms with Crippen molar-refractivity contribution in [1.82, 2.24) is 9.80 Å². The largest absolute Gasteiger partial charge is 0.482 e. The van der Waals surface area contributed by atoms with Crippen molar-refractivity contribution in [1.29, 1.82) is 0 Å². The molecular formula is C21H23FN2O6. The van der Waals surface area contributed by atoms with Crippen molar-refractivity contribution < 1.29 is 27.9 Å². The number of hydrogen-bond donors (Lipinski definition) is 0. The average Bonchev–Trinajstić information content (AvgIpc) is 2.73. The Morgan fingerprint density at radius 3 is 2.47 bits per heavy atom. The van der Waals surface area contributed by atoms with Gasteiger partial charge >= 0.3 is 5.97 Å². The van der Waals surface area contributed by atoms with Gasteiger partial charge in [-0.3, -0.25) is 19.3 Å². The van der Waals surface area contributed by atoms with E-state index in [0.717, 1.165) is 5.56 Å². The number of carbonyl (C=O) groups excluding carboxylic acids is 2. The molecule has 0 N–H and O–H groups in total. The maximum Gasteiger partial charge on any atom is 0.303 e. The summed E-state index contributed by atoms with van der Waals surface area (Å²) in [6.45, 7) is 3.80. The maximum absolute atomic E-state index is 12.9. The van der Waals surface area contributed by atoms with Crippen molar-refractivity contribution in [2.45, 2.75) is 20.1 Å². The molecule has 0 atom stereocenters. The zero-order valence-corrected chi connectivity index (χ0v) is 16.6. The van der Waals surface area contributed by atoms with Crippen LogP contribution in [0.5, 0.6) is 5.75 Å². The first kappa shape index (κ1) is 21.5. The summed E-state index contributed by atoms with van der Waals surface area (Å²) in [6.07, 6.45) is 1.28. The molecule has 0 bridgehead atoms. The van der Waals surface area contributed by atoms with Crippen LogP contribution >= 0.6 is 0 Å². The van der Waals surface area contributed by atoms with E-state index in [1.807, 2.05) is 0 Å². The van der Waals surface area contributed by atoms with Crippen LogP contribution in [0.3, 0.4) is 0 Å². The molecule has 0 spiro atoms. The van der Waals surface area contributed by atoms with Gasteiger partial charge in [-0.15, -0.1) is 0 Å². The second kappa shape index (κ2) is 10.0. The lowest BCUT2D eigenvalue weighted by Crippen LogP contribution is -2.49. The highest BCUT2D eigenvalue weighted by Crippen LogP contribution is 2.13. The van der Waals surface area contributed by atoms with Crippen LogP contribution in [0.15, 0.2) is 45.8 Å². The standard InChI is InChI=1S/C21H23FN2O6/c1-15(25)28-14-21(27)24-8-6-23(7-9-24)11-18-10-19(26)20(13-29-18)30-12-16-2-4-17(22)5-3-16/h2-5,10,13H,6-9,11-12,14H2,1H3. The van der Waals surface area contributed by atoms with Crippen LogP contribution in [0.4, 0.5) is 4.39 Å². The summed E-state index contributed by atoms with van der Waals surface area (Å²) < 4.78 is 28.7. The Labute approximate surface area is 172 Å². The van der Waals surface area contributed by atoms with E-state index in [-0.39, 0.29) is 36.1 Å². The number of carbonyl (C=O) groups is 2. The van der Waals surface area contributed by atoms with Gasteiger partial charge in [0.25, 0.3) is 5.91 Å². The molecule has 0 radical (unpaired) electrons. The molecular weight excluding hydrogens is 395 g/mol. The second-order valence-corrected chi connectivity index (χ2v) is 6.93. The topological polar surface area (TPSA) is 89.3 Å². The zero-order chi connectivity index (χ0) is 21.5. The van der Waals surface area contributed by atoms with Crippen molar-refractivity contribution >= 4 is 11.9 Å². The highest BCUT2D eigenvalue weighted by molar-refractivity contribution is 5.80. The smallest absolute Gasteiger partial charge is 0.303 e. The maximum atomic E-state index is 12.9. The minimum absolute atomic E-state index is 0.0870. The van der Waals surface area contributed by atoms with E-state index in [2.05, 4.69) is 4.90 Å². The Kier molecular flexibility index (Phi) is 7.18. The van der Waals surface area contributed by atoms with Crippen molar-refractivity contribution in [3.8, 4) is 5.75 Å². The van der Waals surface area contributed by atoms with Crippen LogP contribution in [-0.2, 0) is 27.5 Å². The van der Waals surface area contributed by atoms with Gasteiger partial charge in [0.05, 0.1) is 6.54 Å². The Bertz CT molecular complexity index is 935. The molecule has 0 aliphatic carbocycles. The van der Waals surface area contributed by atoms with Gasteiger partial charge in [-0.05, 0) is 17.7 Å². The van der Waals surface area contributed by atoms with Crippen molar-refractivity contribution in [3.05, 3.63) is 64.0 Å². The number of ether oxygens (including phenoxy) is 2. The van der Waals surface area contributed by atoms with Crippen LogP contribution in [0.1, 0.15) is 18.2 Å². The molecule has 1 aliphatic rings. The average molecular weight is 418 g/mol. The molecule has 9 heteroatoms. The van der Waals surface area contributed by atoms with Gasteiger partial charge in [0.2, 0.25) is 11.2 Å². The molecule has 30 heavy (non-hydrogen) atoms. The molecule has 160 valence electrons. The molecule has 0 unspecified atom stereocenters. The zero-order valence-electron chi connectivity index (χ0n) is 16.6. The summed E-state index contributed by atoms with van der Waals surface area (Å²) >= 11 is 0. The van der Waals surface area contributed by atoms with Gasteiger partial charge in [0, 0.05) is 39.2 Å². The summed E-state index contributed by atoms with van der Waals surface area (Å²) in [6, 6.07) is 7.21. The monoisotopic (exact) mass is 418 g/mol. The molecule has 0 saturated carbocycles. The fraction of sp³-hybridized carbons (Fsp3) is 0.381. The molecule has 1 saturated heterocycles. The quantitative estimate of drug-likeness (QED) is 0.631. The Balaban J connectivity index is 1.48. The van der Waals surface area contributed by atoms with E-state index < -0.39 is 5.97 Å². The van der Waals surface area contributed by atoms with E-state index in [0.29, 0.717) is 38.5 Å². The molecule has 8 nitrogen and oxygen atoms in total. The number of halogens is 1. The van der Waals surface area contributed by atoms with Crippen LogP contribution in [0.25, 0.3) is 0 Å². The summed E-state index contributed by atoms with van der Waals surface area (Å²) in [5.41, 5.74) is 0.439. The van der Waals surface area contributed by atoms with Crippen molar-refractivity contribution in [2.75, 3.05) is 32.8 Å². The van der Waals surface area contributed by atoms with Crippen LogP contribution in [-0.4, -0.2) is 54.5 Å². The van der Waals surface area contributed by atoms with Crippen molar-refractivity contribution in [3.63, 3.8) is 0 Å². The minimum Gasteiger partial charge on any atom is -0.482 e. The lowest BCUT2D eigenvalue weighted by Gasteiger charge is -2.34. The number of hydrogen-bond acceptors (Lipinski definition) is 7. The summed E-state index contributed by atoms with van der Waals surface area (Å²) in [7, 11) is 0. The molecule has 1 aromatic carbocycles. The Hall–Kier alpha value is -3.20. The number of nitrogens with zero attached hydrogens (tertiary/aromatic N) is 2. The van der Waals surface area contributed by atoms with E-state index in [1.165, 1.54) is 31.4 Å². The third-order valence-electron chi connectivity index (χ3n) is 4.66. The van der Waals surface area contributed by atoms with Crippen LogP contribution < -0.4 is 10.2 Å². The van der Waals surface area contributed by atoms with Gasteiger partial charge in [0.15, 0.2) is 6.61 Å². The first-order valence-corrected chi connectivity index (χ1v) is 9.53. The summed E-state index contributed by atoms with van der Waals surface area (Å²) in [5.74, 6) is -0.462. The number of esters is 1. The predicted octanol–water partition coefficient (Wildman–Crippen LogP) is 1.57. The molecule has 1 aliphatic heterocycles. The van der Waals surface area contributed by atoms with Gasteiger partial charge in [0.1, 0.15) is 24.4 Å². The molecule has 2 heterocycles. The number of rotatable bonds is 7. The van der Waals surface area contributed by atoms with Gasteiger partial charge < -0.3 is 18.8 Å². The fourth-order valence-electron chi connectivity index (χ4n) is 3.00. The van der Waals surface area contributed by atoms with Gasteiger partial charge in [-0.1, -0.05) is 12.1 Å². The lowest BCUT2D eigenvalue weighted by molar-refractivity contribution is -0.151. The molecule has 3 rings (SSSR count). The number of amides is 1. The molecule has 1 amide bonds. The first-order valence-electron chi connectivity index (χ1n) is 9.53. The van der Waals surface area contributed by atoms with Crippen molar-refractivity contribution in [2.24, 2.45) is 0 Å². The highest BCUT2D eigenvalue weighted by Gasteiger charge is 2.22. The Morgan fingerprint density at radius 1 is 1.13 bits per heavy atom. The van der Waals surface area contributed by atoms with E-state index >= 15 is 0 Å². The minimum atomic E-state index is -0.484. The van der Waals surface area contributed by atoms with E-state index in [4.69, 9.17) is 13.9 Å². The summed E-state index contributed by atoms with van der Waals surface area (Å²) in [4.78, 5) is 38.7. The third-order valence-corrected chi connectivity index (χ3v) is 4.66. The molecule has 2 aromatic rings. The summed E-state index contributed by atoms with van der Waals surface area (Å²) in [5, 5.41) is 0.